The molecule has 0 aliphatic rings. The lowest BCUT2D eigenvalue weighted by atomic mass is 10.1. The van der Waals surface area contributed by atoms with Crippen molar-refractivity contribution < 1.29 is 23.4 Å². The Morgan fingerprint density at radius 1 is 0.969 bits per heavy atom. The van der Waals surface area contributed by atoms with Crippen molar-refractivity contribution in [2.45, 2.75) is 6.92 Å². The van der Waals surface area contributed by atoms with Crippen LogP contribution in [0.2, 0.25) is 5.02 Å². The number of nitrogens with zero attached hydrogens (tertiary/aromatic N) is 1. The predicted octanol–water partition coefficient (Wildman–Crippen LogP) is 5.73. The number of nitrogens with one attached hydrogen (secondary N) is 1. The molecular weight excluding hydrogens is 432 g/mol. The van der Waals surface area contributed by atoms with Crippen LogP contribution in [0.3, 0.4) is 0 Å². The molecule has 164 valence electrons. The highest BCUT2D eigenvalue weighted by Crippen LogP contribution is 2.38. The van der Waals surface area contributed by atoms with Gasteiger partial charge in [0.15, 0.2) is 17.1 Å². The molecule has 0 bridgehead atoms. The molecule has 1 amide bonds. The molecule has 0 aliphatic carbocycles. The molecule has 0 fully saturated rings. The quantitative estimate of drug-likeness (QED) is 0.402. The van der Waals surface area contributed by atoms with Crippen molar-refractivity contribution in [1.82, 2.24) is 4.98 Å². The number of methoxy groups -OCH3 is 3. The van der Waals surface area contributed by atoms with E-state index in [2.05, 4.69) is 10.3 Å². The zero-order valence-electron chi connectivity index (χ0n) is 18.0. The van der Waals surface area contributed by atoms with Gasteiger partial charge in [-0.15, -0.1) is 0 Å². The summed E-state index contributed by atoms with van der Waals surface area (Å²) in [7, 11) is 4.49. The molecule has 4 rings (SSSR count). The van der Waals surface area contributed by atoms with E-state index in [9.17, 15) is 4.79 Å². The number of carbonyl (C=O) groups excluding carboxylic acids is 1. The molecule has 7 nitrogen and oxygen atoms in total. The van der Waals surface area contributed by atoms with Crippen LogP contribution in [0.25, 0.3) is 22.6 Å². The number of ether oxygens (including phenoxy) is 3. The second-order valence-electron chi connectivity index (χ2n) is 7.05. The highest BCUT2D eigenvalue weighted by atomic mass is 35.5. The number of amides is 1. The van der Waals surface area contributed by atoms with Crippen molar-refractivity contribution in [3.63, 3.8) is 0 Å². The molecule has 32 heavy (non-hydrogen) atoms. The van der Waals surface area contributed by atoms with Crippen molar-refractivity contribution in [2.75, 3.05) is 26.6 Å². The van der Waals surface area contributed by atoms with Gasteiger partial charge in [0, 0.05) is 11.3 Å². The number of aryl methyl sites for hydroxylation is 1. The summed E-state index contributed by atoms with van der Waals surface area (Å²) >= 11 is 6.40. The lowest BCUT2D eigenvalue weighted by Crippen LogP contribution is -2.12. The van der Waals surface area contributed by atoms with Gasteiger partial charge in [-0.05, 0) is 55.0 Å². The topological polar surface area (TPSA) is 82.8 Å². The Hall–Kier alpha value is -3.71. The van der Waals surface area contributed by atoms with Gasteiger partial charge in [-0.1, -0.05) is 17.7 Å². The largest absolute Gasteiger partial charge is 0.493 e. The SMILES string of the molecule is COc1cc(C(=O)Nc2ccc(Cl)c(-c3nc4cc(C)ccc4o3)c2)cc(OC)c1OC. The van der Waals surface area contributed by atoms with Gasteiger partial charge in [0.25, 0.3) is 5.91 Å². The van der Waals surface area contributed by atoms with Crippen molar-refractivity contribution in [3.8, 4) is 28.7 Å². The van der Waals surface area contributed by atoms with Crippen LogP contribution in [0.1, 0.15) is 15.9 Å². The van der Waals surface area contributed by atoms with E-state index < -0.39 is 0 Å². The molecular formula is C24H21ClN2O5. The first-order chi connectivity index (χ1) is 15.4. The number of anilines is 1. The summed E-state index contributed by atoms with van der Waals surface area (Å²) in [6.07, 6.45) is 0. The zero-order chi connectivity index (χ0) is 22.8. The summed E-state index contributed by atoms with van der Waals surface area (Å²) in [4.78, 5) is 17.5. The number of hydrogen-bond donors (Lipinski definition) is 1. The minimum absolute atomic E-state index is 0.341. The molecule has 3 aromatic carbocycles. The Bertz CT molecular complexity index is 1290. The number of halogens is 1. The van der Waals surface area contributed by atoms with Gasteiger partial charge in [0.05, 0.1) is 31.9 Å². The van der Waals surface area contributed by atoms with E-state index in [1.807, 2.05) is 25.1 Å². The molecule has 4 aromatic rings. The summed E-state index contributed by atoms with van der Waals surface area (Å²) in [5.74, 6) is 1.20. The maximum atomic E-state index is 12.9. The molecule has 0 spiro atoms. The monoisotopic (exact) mass is 452 g/mol. The Labute approximate surface area is 189 Å². The number of aromatic nitrogens is 1. The van der Waals surface area contributed by atoms with Crippen LogP contribution in [0.15, 0.2) is 52.9 Å². The van der Waals surface area contributed by atoms with E-state index in [1.165, 1.54) is 21.3 Å². The molecule has 1 aromatic heterocycles. The van der Waals surface area contributed by atoms with Crippen LogP contribution in [0.5, 0.6) is 17.2 Å². The van der Waals surface area contributed by atoms with Crippen LogP contribution in [0.4, 0.5) is 5.69 Å². The van der Waals surface area contributed by atoms with Crippen LogP contribution in [-0.2, 0) is 0 Å². The van der Waals surface area contributed by atoms with E-state index >= 15 is 0 Å². The predicted molar refractivity (Wildman–Crippen MR) is 123 cm³/mol. The fourth-order valence-electron chi connectivity index (χ4n) is 3.34. The standard InChI is InChI=1S/C24H21ClN2O5/c1-13-5-8-19-18(9-13)27-24(32-19)16-12-15(6-7-17(16)25)26-23(28)14-10-20(29-2)22(31-4)21(11-14)30-3/h5-12H,1-4H3,(H,26,28). The van der Waals surface area contributed by atoms with Crippen LogP contribution < -0.4 is 19.5 Å². The fourth-order valence-corrected chi connectivity index (χ4v) is 3.53. The Morgan fingerprint density at radius 3 is 2.34 bits per heavy atom. The Kier molecular flexibility index (Phi) is 5.92. The van der Waals surface area contributed by atoms with E-state index in [4.69, 9.17) is 30.2 Å². The molecule has 0 radical (unpaired) electrons. The van der Waals surface area contributed by atoms with Crippen molar-refractivity contribution in [2.24, 2.45) is 0 Å². The highest BCUT2D eigenvalue weighted by molar-refractivity contribution is 6.33. The number of carbonyl (C=O) groups is 1. The third-order valence-corrected chi connectivity index (χ3v) is 5.25. The number of hydrogen-bond acceptors (Lipinski definition) is 6. The molecule has 8 heteroatoms. The Morgan fingerprint density at radius 2 is 1.69 bits per heavy atom. The second kappa shape index (κ2) is 8.80. The number of fused-ring (bicyclic) bond motifs is 1. The molecule has 0 saturated carbocycles. The lowest BCUT2D eigenvalue weighted by molar-refractivity contribution is 0.102. The van der Waals surface area contributed by atoms with Gasteiger partial charge in [0.1, 0.15) is 5.52 Å². The van der Waals surface area contributed by atoms with Crippen LogP contribution in [-0.4, -0.2) is 32.2 Å². The lowest BCUT2D eigenvalue weighted by Gasteiger charge is -2.14. The number of rotatable bonds is 6. The van der Waals surface area contributed by atoms with Gasteiger partial charge in [0.2, 0.25) is 11.6 Å². The smallest absolute Gasteiger partial charge is 0.255 e. The number of oxazole rings is 1. The summed E-state index contributed by atoms with van der Waals surface area (Å²) in [6.45, 7) is 1.99. The molecule has 1 heterocycles. The highest BCUT2D eigenvalue weighted by Gasteiger charge is 2.18. The molecule has 0 aliphatic heterocycles. The zero-order valence-corrected chi connectivity index (χ0v) is 18.7. The van der Waals surface area contributed by atoms with Gasteiger partial charge in [-0.25, -0.2) is 4.98 Å². The third kappa shape index (κ3) is 4.07. The first kappa shape index (κ1) is 21.5. The molecule has 0 saturated heterocycles. The van der Waals surface area contributed by atoms with Crippen molar-refractivity contribution in [3.05, 3.63) is 64.7 Å². The van der Waals surface area contributed by atoms with Crippen LogP contribution in [0, 0.1) is 6.92 Å². The maximum Gasteiger partial charge on any atom is 0.255 e. The van der Waals surface area contributed by atoms with E-state index in [0.29, 0.717) is 50.6 Å². The fraction of sp³-hybridized carbons (Fsp3) is 0.167. The maximum absolute atomic E-state index is 12.9. The number of benzene rings is 3. The molecule has 0 unspecified atom stereocenters. The van der Waals surface area contributed by atoms with Gasteiger partial charge in [-0.3, -0.25) is 4.79 Å². The average Bonchev–Trinajstić information content (AvgIpc) is 3.22. The second-order valence-corrected chi connectivity index (χ2v) is 7.46. The van der Waals surface area contributed by atoms with Gasteiger partial charge >= 0.3 is 0 Å². The Balaban J connectivity index is 1.66. The summed E-state index contributed by atoms with van der Waals surface area (Å²) < 4.78 is 21.8. The first-order valence-electron chi connectivity index (χ1n) is 9.72. The van der Waals surface area contributed by atoms with E-state index in [1.54, 1.807) is 30.3 Å². The minimum Gasteiger partial charge on any atom is -0.493 e. The van der Waals surface area contributed by atoms with E-state index in [-0.39, 0.29) is 5.91 Å². The van der Waals surface area contributed by atoms with Gasteiger partial charge in [-0.2, -0.15) is 0 Å². The van der Waals surface area contributed by atoms with Gasteiger partial charge < -0.3 is 23.9 Å². The third-order valence-electron chi connectivity index (χ3n) is 4.92. The summed E-state index contributed by atoms with van der Waals surface area (Å²) in [5, 5.41) is 3.32. The summed E-state index contributed by atoms with van der Waals surface area (Å²) in [5.41, 5.74) is 3.92. The normalized spacial score (nSPS) is 10.8. The molecule has 1 N–H and O–H groups in total. The van der Waals surface area contributed by atoms with Crippen molar-refractivity contribution >= 4 is 34.3 Å². The van der Waals surface area contributed by atoms with E-state index in [0.717, 1.165) is 11.1 Å². The average molecular weight is 453 g/mol. The van der Waals surface area contributed by atoms with Crippen LogP contribution >= 0.6 is 11.6 Å². The first-order valence-corrected chi connectivity index (χ1v) is 10.1. The van der Waals surface area contributed by atoms with Crippen molar-refractivity contribution in [1.29, 1.82) is 0 Å². The molecule has 0 atom stereocenters. The minimum atomic E-state index is -0.356. The summed E-state index contributed by atoms with van der Waals surface area (Å²) in [6, 6.07) is 14.0.